The summed E-state index contributed by atoms with van der Waals surface area (Å²) in [5, 5.41) is 6.11. The third kappa shape index (κ3) is 3.54. The third-order valence-corrected chi connectivity index (χ3v) is 4.01. The van der Waals surface area contributed by atoms with Crippen molar-refractivity contribution in [3.63, 3.8) is 0 Å². The monoisotopic (exact) mass is 303 g/mol. The van der Waals surface area contributed by atoms with Crippen molar-refractivity contribution in [2.45, 2.75) is 12.5 Å². The van der Waals surface area contributed by atoms with Crippen LogP contribution in [0.1, 0.15) is 18.0 Å². The molecule has 0 spiro atoms. The van der Waals surface area contributed by atoms with Crippen LogP contribution in [0.2, 0.25) is 0 Å². The van der Waals surface area contributed by atoms with Crippen LogP contribution in [0, 0.1) is 0 Å². The summed E-state index contributed by atoms with van der Waals surface area (Å²) in [4.78, 5) is 0. The number of rotatable bonds is 6. The first-order valence-corrected chi connectivity index (χ1v) is 7.80. The van der Waals surface area contributed by atoms with Crippen molar-refractivity contribution in [2.75, 3.05) is 12.4 Å². The van der Waals surface area contributed by atoms with Gasteiger partial charge in [-0.15, -0.1) is 6.58 Å². The molecule has 0 saturated heterocycles. The number of benzene rings is 3. The van der Waals surface area contributed by atoms with Gasteiger partial charge in [-0.2, -0.15) is 0 Å². The van der Waals surface area contributed by atoms with Gasteiger partial charge in [-0.3, -0.25) is 0 Å². The van der Waals surface area contributed by atoms with Gasteiger partial charge in [0.15, 0.2) is 0 Å². The van der Waals surface area contributed by atoms with Crippen molar-refractivity contribution in [3.8, 4) is 5.75 Å². The first-order valence-electron chi connectivity index (χ1n) is 7.80. The van der Waals surface area contributed by atoms with E-state index in [1.54, 1.807) is 7.11 Å². The number of hydrogen-bond donors (Lipinski definition) is 1. The smallest absolute Gasteiger partial charge is 0.119 e. The van der Waals surface area contributed by atoms with Gasteiger partial charge < -0.3 is 10.1 Å². The average Bonchev–Trinajstić information content (AvgIpc) is 2.61. The Balaban J connectivity index is 1.87. The van der Waals surface area contributed by atoms with Crippen LogP contribution in [-0.2, 0) is 0 Å². The van der Waals surface area contributed by atoms with Crippen molar-refractivity contribution in [2.24, 2.45) is 0 Å². The van der Waals surface area contributed by atoms with Crippen LogP contribution < -0.4 is 10.1 Å². The second-order valence-corrected chi connectivity index (χ2v) is 5.56. The van der Waals surface area contributed by atoms with E-state index in [1.165, 1.54) is 16.3 Å². The summed E-state index contributed by atoms with van der Waals surface area (Å²) in [6.45, 7) is 3.90. The molecule has 0 aliphatic rings. The molecule has 2 heteroatoms. The van der Waals surface area contributed by atoms with Crippen molar-refractivity contribution < 1.29 is 4.74 Å². The number of ether oxygens (including phenoxy) is 1. The molecule has 1 N–H and O–H groups in total. The molecule has 23 heavy (non-hydrogen) atoms. The maximum atomic E-state index is 5.21. The van der Waals surface area contributed by atoms with Gasteiger partial charge in [0, 0.05) is 5.69 Å². The van der Waals surface area contributed by atoms with Gasteiger partial charge in [-0.05, 0) is 53.1 Å². The van der Waals surface area contributed by atoms with Crippen LogP contribution in [-0.4, -0.2) is 7.11 Å². The van der Waals surface area contributed by atoms with Crippen LogP contribution >= 0.6 is 0 Å². The molecule has 0 heterocycles. The minimum Gasteiger partial charge on any atom is -0.497 e. The van der Waals surface area contributed by atoms with Gasteiger partial charge in [0.1, 0.15) is 5.75 Å². The zero-order valence-electron chi connectivity index (χ0n) is 13.3. The van der Waals surface area contributed by atoms with Crippen LogP contribution in [0.15, 0.2) is 79.4 Å². The highest BCUT2D eigenvalue weighted by atomic mass is 16.5. The number of nitrogens with one attached hydrogen (secondary N) is 1. The Morgan fingerprint density at radius 1 is 1.00 bits per heavy atom. The highest BCUT2D eigenvalue weighted by Crippen LogP contribution is 2.27. The Labute approximate surface area is 137 Å². The van der Waals surface area contributed by atoms with Gasteiger partial charge in [0.05, 0.1) is 13.2 Å². The van der Waals surface area contributed by atoms with Crippen molar-refractivity contribution in [1.29, 1.82) is 0 Å². The molecule has 116 valence electrons. The standard InChI is InChI=1S/C21H21NO/c1-3-6-21(22-19-11-13-20(23-2)14-12-19)18-10-9-16-7-4-5-8-17(16)15-18/h3-5,7-15,21-22H,1,6H2,2H3. The molecule has 0 fully saturated rings. The summed E-state index contributed by atoms with van der Waals surface area (Å²) < 4.78 is 5.21. The van der Waals surface area contributed by atoms with E-state index in [2.05, 4.69) is 54.4 Å². The molecule has 1 atom stereocenters. The largest absolute Gasteiger partial charge is 0.497 e. The zero-order chi connectivity index (χ0) is 16.1. The fraction of sp³-hybridized carbons (Fsp3) is 0.143. The molecule has 0 amide bonds. The maximum Gasteiger partial charge on any atom is 0.119 e. The van der Waals surface area contributed by atoms with E-state index in [-0.39, 0.29) is 6.04 Å². The number of hydrogen-bond acceptors (Lipinski definition) is 2. The SMILES string of the molecule is C=CCC(Nc1ccc(OC)cc1)c1ccc2ccccc2c1. The normalized spacial score (nSPS) is 11.9. The van der Waals surface area contributed by atoms with Gasteiger partial charge in [-0.1, -0.05) is 42.5 Å². The second-order valence-electron chi connectivity index (χ2n) is 5.56. The summed E-state index contributed by atoms with van der Waals surface area (Å²) in [6, 6.07) is 23.3. The quantitative estimate of drug-likeness (QED) is 0.600. The van der Waals surface area contributed by atoms with E-state index < -0.39 is 0 Å². The summed E-state index contributed by atoms with van der Waals surface area (Å²) in [5.74, 6) is 0.863. The minimum absolute atomic E-state index is 0.200. The molecule has 2 nitrogen and oxygen atoms in total. The van der Waals surface area contributed by atoms with Crippen LogP contribution in [0.4, 0.5) is 5.69 Å². The van der Waals surface area contributed by atoms with Crippen LogP contribution in [0.25, 0.3) is 10.8 Å². The zero-order valence-corrected chi connectivity index (χ0v) is 13.3. The van der Waals surface area contributed by atoms with E-state index in [0.29, 0.717) is 0 Å². The molecule has 3 aromatic carbocycles. The topological polar surface area (TPSA) is 21.3 Å². The number of fused-ring (bicyclic) bond motifs is 1. The van der Waals surface area contributed by atoms with Gasteiger partial charge in [0.2, 0.25) is 0 Å². The highest BCUT2D eigenvalue weighted by Gasteiger charge is 2.10. The van der Waals surface area contributed by atoms with Crippen LogP contribution in [0.3, 0.4) is 0 Å². The van der Waals surface area contributed by atoms with Crippen molar-refractivity contribution >= 4 is 16.5 Å². The predicted octanol–water partition coefficient (Wildman–Crippen LogP) is 5.58. The lowest BCUT2D eigenvalue weighted by molar-refractivity contribution is 0.415. The van der Waals surface area contributed by atoms with E-state index in [4.69, 9.17) is 4.74 Å². The predicted molar refractivity (Wildman–Crippen MR) is 98.1 cm³/mol. The lowest BCUT2D eigenvalue weighted by atomic mass is 9.99. The van der Waals surface area contributed by atoms with E-state index >= 15 is 0 Å². The summed E-state index contributed by atoms with van der Waals surface area (Å²) in [5.41, 5.74) is 2.34. The summed E-state index contributed by atoms with van der Waals surface area (Å²) >= 11 is 0. The van der Waals surface area contributed by atoms with E-state index in [1.807, 2.05) is 30.3 Å². The molecule has 1 unspecified atom stereocenters. The molecule has 0 aliphatic heterocycles. The summed E-state index contributed by atoms with van der Waals surface area (Å²) in [6.07, 6.45) is 2.82. The Kier molecular flexibility index (Phi) is 4.62. The fourth-order valence-corrected chi connectivity index (χ4v) is 2.76. The molecule has 0 saturated carbocycles. The molecule has 0 radical (unpaired) electrons. The molecule has 0 aliphatic carbocycles. The first kappa shape index (κ1) is 15.2. The molecule has 0 bridgehead atoms. The first-order chi connectivity index (χ1) is 11.3. The number of methoxy groups -OCH3 is 1. The average molecular weight is 303 g/mol. The highest BCUT2D eigenvalue weighted by molar-refractivity contribution is 5.83. The minimum atomic E-state index is 0.200. The van der Waals surface area contributed by atoms with Crippen LogP contribution in [0.5, 0.6) is 5.75 Å². The maximum absolute atomic E-state index is 5.21. The van der Waals surface area contributed by atoms with Gasteiger partial charge in [0.25, 0.3) is 0 Å². The number of anilines is 1. The molecule has 0 aromatic heterocycles. The third-order valence-electron chi connectivity index (χ3n) is 4.01. The Morgan fingerprint density at radius 2 is 1.74 bits per heavy atom. The lowest BCUT2D eigenvalue weighted by Crippen LogP contribution is -2.09. The van der Waals surface area contributed by atoms with Crippen molar-refractivity contribution in [3.05, 3.63) is 84.9 Å². The van der Waals surface area contributed by atoms with E-state index in [9.17, 15) is 0 Å². The molecular weight excluding hydrogens is 282 g/mol. The second kappa shape index (κ2) is 7.01. The van der Waals surface area contributed by atoms with E-state index in [0.717, 1.165) is 17.9 Å². The summed E-state index contributed by atoms with van der Waals surface area (Å²) in [7, 11) is 1.68. The Hall–Kier alpha value is -2.74. The molecule has 3 rings (SSSR count). The molecular formula is C21H21NO. The lowest BCUT2D eigenvalue weighted by Gasteiger charge is -2.20. The Morgan fingerprint density at radius 3 is 2.43 bits per heavy atom. The van der Waals surface area contributed by atoms with Crippen molar-refractivity contribution in [1.82, 2.24) is 0 Å². The Bertz CT molecular complexity index is 792. The van der Waals surface area contributed by atoms with Gasteiger partial charge in [-0.25, -0.2) is 0 Å². The molecule has 3 aromatic rings. The fourth-order valence-electron chi connectivity index (χ4n) is 2.76. The van der Waals surface area contributed by atoms with Gasteiger partial charge >= 0.3 is 0 Å².